The number of carbonyl (C=O) groups excluding carboxylic acids is 1. The van der Waals surface area contributed by atoms with Crippen LogP contribution in [0.25, 0.3) is 10.2 Å². The molecule has 7 heteroatoms. The van der Waals surface area contributed by atoms with E-state index in [1.54, 1.807) is 9.47 Å². The molecule has 0 saturated carbocycles. The minimum atomic E-state index is 0.00781. The lowest BCUT2D eigenvalue weighted by molar-refractivity contribution is -0.127. The second-order valence-electron chi connectivity index (χ2n) is 6.02. The average molecular weight is 368 g/mol. The topological polar surface area (TPSA) is 55.2 Å². The van der Waals surface area contributed by atoms with E-state index in [2.05, 4.69) is 18.8 Å². The first kappa shape index (κ1) is 19.0. The van der Waals surface area contributed by atoms with Crippen molar-refractivity contribution in [3.63, 3.8) is 0 Å². The third-order valence-corrected chi connectivity index (χ3v) is 5.75. The highest BCUT2D eigenvalue weighted by Crippen LogP contribution is 2.22. The Morgan fingerprint density at radius 1 is 1.38 bits per heavy atom. The number of nitrogens with zero attached hydrogens (tertiary/aromatic N) is 3. The number of aromatic nitrogens is 2. The van der Waals surface area contributed by atoms with Gasteiger partial charge in [0.15, 0.2) is 5.16 Å². The van der Waals surface area contributed by atoms with Gasteiger partial charge in [0.1, 0.15) is 4.70 Å². The van der Waals surface area contributed by atoms with Crippen LogP contribution >= 0.6 is 23.1 Å². The van der Waals surface area contributed by atoms with E-state index in [0.29, 0.717) is 41.2 Å². The zero-order valence-corrected chi connectivity index (χ0v) is 16.4. The van der Waals surface area contributed by atoms with Gasteiger partial charge in [-0.15, -0.1) is 11.3 Å². The van der Waals surface area contributed by atoms with Crippen LogP contribution in [0.3, 0.4) is 0 Å². The molecule has 0 radical (unpaired) electrons. The highest BCUT2D eigenvalue weighted by atomic mass is 32.2. The summed E-state index contributed by atoms with van der Waals surface area (Å²) in [5.41, 5.74) is 0.733. The standard InChI is InChI=1S/C17H25N3O2S2/c1-5-19(6-2)14(21)11-24-17-18-13-8-10-23-15(13)16(22)20(17)9-7-12(3)4/h8,10,12H,5-7,9,11H2,1-4H3. The predicted octanol–water partition coefficient (Wildman–Crippen LogP) is 3.46. The fraction of sp³-hybridized carbons (Fsp3) is 0.588. The number of rotatable bonds is 8. The van der Waals surface area contributed by atoms with Crippen molar-refractivity contribution >= 4 is 39.2 Å². The lowest BCUT2D eigenvalue weighted by Gasteiger charge is -2.19. The molecule has 0 saturated heterocycles. The number of amides is 1. The Morgan fingerprint density at radius 3 is 2.71 bits per heavy atom. The van der Waals surface area contributed by atoms with E-state index in [4.69, 9.17) is 0 Å². The van der Waals surface area contributed by atoms with Gasteiger partial charge in [0.05, 0.1) is 11.3 Å². The summed E-state index contributed by atoms with van der Waals surface area (Å²) in [6.45, 7) is 10.3. The van der Waals surface area contributed by atoms with E-state index < -0.39 is 0 Å². The van der Waals surface area contributed by atoms with Gasteiger partial charge in [-0.2, -0.15) is 0 Å². The summed E-state index contributed by atoms with van der Waals surface area (Å²) in [4.78, 5) is 31.4. The number of thioether (sulfide) groups is 1. The molecule has 0 aliphatic heterocycles. The molecule has 2 rings (SSSR count). The quantitative estimate of drug-likeness (QED) is 0.530. The van der Waals surface area contributed by atoms with E-state index in [0.717, 1.165) is 11.9 Å². The molecule has 2 aromatic rings. The molecule has 5 nitrogen and oxygen atoms in total. The van der Waals surface area contributed by atoms with Crippen LogP contribution in [0.5, 0.6) is 0 Å². The first-order chi connectivity index (χ1) is 11.5. The molecule has 0 unspecified atom stereocenters. The summed E-state index contributed by atoms with van der Waals surface area (Å²) in [6, 6.07) is 1.87. The Kier molecular flexibility index (Phi) is 6.86. The Hall–Kier alpha value is -1.34. The fourth-order valence-corrected chi connectivity index (χ4v) is 4.12. The molecule has 2 aromatic heterocycles. The lowest BCUT2D eigenvalue weighted by atomic mass is 10.1. The Labute approximate surface area is 151 Å². The van der Waals surface area contributed by atoms with Crippen molar-refractivity contribution in [2.24, 2.45) is 5.92 Å². The number of thiophene rings is 1. The van der Waals surface area contributed by atoms with Crippen LogP contribution in [0.4, 0.5) is 0 Å². The van der Waals surface area contributed by atoms with E-state index >= 15 is 0 Å². The second kappa shape index (κ2) is 8.67. The van der Waals surface area contributed by atoms with Crippen LogP contribution in [-0.2, 0) is 11.3 Å². The first-order valence-electron chi connectivity index (χ1n) is 8.36. The molecule has 2 heterocycles. The molecule has 1 amide bonds. The number of hydrogen-bond acceptors (Lipinski definition) is 5. The van der Waals surface area contributed by atoms with E-state index in [9.17, 15) is 9.59 Å². The van der Waals surface area contributed by atoms with Gasteiger partial charge in [0.2, 0.25) is 5.91 Å². The van der Waals surface area contributed by atoms with Crippen molar-refractivity contribution in [1.82, 2.24) is 14.5 Å². The van der Waals surface area contributed by atoms with Gasteiger partial charge in [-0.05, 0) is 37.6 Å². The first-order valence-corrected chi connectivity index (χ1v) is 10.2. The number of carbonyl (C=O) groups is 1. The monoisotopic (exact) mass is 367 g/mol. The molecule has 0 fully saturated rings. The van der Waals surface area contributed by atoms with Crippen LogP contribution < -0.4 is 5.56 Å². The Balaban J connectivity index is 2.28. The van der Waals surface area contributed by atoms with Crippen molar-refractivity contribution in [3.8, 4) is 0 Å². The zero-order chi connectivity index (χ0) is 17.7. The molecule has 0 aliphatic carbocycles. The van der Waals surface area contributed by atoms with Crippen molar-refractivity contribution in [1.29, 1.82) is 0 Å². The normalized spacial score (nSPS) is 11.4. The van der Waals surface area contributed by atoms with Gasteiger partial charge in [-0.25, -0.2) is 4.98 Å². The molecular formula is C17H25N3O2S2. The van der Waals surface area contributed by atoms with Gasteiger partial charge in [-0.3, -0.25) is 14.2 Å². The third-order valence-electron chi connectivity index (χ3n) is 3.90. The number of hydrogen-bond donors (Lipinski definition) is 0. The second-order valence-corrected chi connectivity index (χ2v) is 7.88. The van der Waals surface area contributed by atoms with Crippen LogP contribution in [-0.4, -0.2) is 39.2 Å². The maximum Gasteiger partial charge on any atom is 0.272 e. The van der Waals surface area contributed by atoms with Gasteiger partial charge >= 0.3 is 0 Å². The molecule has 24 heavy (non-hydrogen) atoms. The zero-order valence-electron chi connectivity index (χ0n) is 14.7. The van der Waals surface area contributed by atoms with Gasteiger partial charge < -0.3 is 4.90 Å². The van der Waals surface area contributed by atoms with Gasteiger partial charge in [-0.1, -0.05) is 25.6 Å². The number of fused-ring (bicyclic) bond motifs is 1. The minimum Gasteiger partial charge on any atom is -0.343 e. The predicted molar refractivity (Wildman–Crippen MR) is 102 cm³/mol. The molecule has 0 bridgehead atoms. The average Bonchev–Trinajstić information content (AvgIpc) is 3.01. The summed E-state index contributed by atoms with van der Waals surface area (Å²) in [6.07, 6.45) is 0.913. The highest BCUT2D eigenvalue weighted by molar-refractivity contribution is 7.99. The van der Waals surface area contributed by atoms with Crippen molar-refractivity contribution < 1.29 is 4.79 Å². The van der Waals surface area contributed by atoms with Crippen molar-refractivity contribution in [3.05, 3.63) is 21.8 Å². The molecule has 0 atom stereocenters. The molecule has 132 valence electrons. The summed E-state index contributed by atoms with van der Waals surface area (Å²) in [5.74, 6) is 0.900. The molecular weight excluding hydrogens is 342 g/mol. The minimum absolute atomic E-state index is 0.00781. The van der Waals surface area contributed by atoms with E-state index in [-0.39, 0.29) is 11.5 Å². The Morgan fingerprint density at radius 2 is 2.08 bits per heavy atom. The summed E-state index contributed by atoms with van der Waals surface area (Å²) < 4.78 is 2.43. The van der Waals surface area contributed by atoms with Crippen LogP contribution in [0.1, 0.15) is 34.1 Å². The summed E-state index contributed by atoms with van der Waals surface area (Å²) >= 11 is 2.79. The molecule has 0 N–H and O–H groups in total. The SMILES string of the molecule is CCN(CC)C(=O)CSc1nc2ccsc2c(=O)n1CCC(C)C. The molecule has 0 aliphatic rings. The van der Waals surface area contributed by atoms with Crippen molar-refractivity contribution in [2.75, 3.05) is 18.8 Å². The van der Waals surface area contributed by atoms with E-state index in [1.807, 2.05) is 25.3 Å². The van der Waals surface area contributed by atoms with Crippen LogP contribution in [0.2, 0.25) is 0 Å². The van der Waals surface area contributed by atoms with Gasteiger partial charge in [0.25, 0.3) is 5.56 Å². The van der Waals surface area contributed by atoms with Crippen LogP contribution in [0, 0.1) is 5.92 Å². The maximum absolute atomic E-state index is 12.7. The smallest absolute Gasteiger partial charge is 0.272 e. The maximum atomic E-state index is 12.7. The van der Waals surface area contributed by atoms with Crippen molar-refractivity contribution in [2.45, 2.75) is 45.8 Å². The summed E-state index contributed by atoms with van der Waals surface area (Å²) in [7, 11) is 0. The Bertz CT molecular complexity index is 748. The molecule has 0 aromatic carbocycles. The molecule has 0 spiro atoms. The lowest BCUT2D eigenvalue weighted by Crippen LogP contribution is -2.32. The third kappa shape index (κ3) is 4.39. The van der Waals surface area contributed by atoms with Crippen LogP contribution in [0.15, 0.2) is 21.4 Å². The fourth-order valence-electron chi connectivity index (χ4n) is 2.41. The van der Waals surface area contributed by atoms with E-state index in [1.165, 1.54) is 23.1 Å². The van der Waals surface area contributed by atoms with Gasteiger partial charge in [0, 0.05) is 19.6 Å². The summed E-state index contributed by atoms with van der Waals surface area (Å²) in [5, 5.41) is 2.54. The largest absolute Gasteiger partial charge is 0.343 e. The highest BCUT2D eigenvalue weighted by Gasteiger charge is 2.16.